The van der Waals surface area contributed by atoms with Crippen molar-refractivity contribution >= 4 is 29.8 Å². The number of hydrogen-bond acceptors (Lipinski definition) is 3. The number of carbonyl (C=O) groups is 1. The van der Waals surface area contributed by atoms with Gasteiger partial charge in [0.15, 0.2) is 0 Å². The van der Waals surface area contributed by atoms with Gasteiger partial charge in [0, 0.05) is 5.69 Å². The molecule has 2 aromatic rings. The minimum atomic E-state index is -1.02. The number of carboxylic acid groups (broad SMARTS) is 1. The Morgan fingerprint density at radius 3 is 2.22 bits per heavy atom. The summed E-state index contributed by atoms with van der Waals surface area (Å²) in [4.78, 5) is 14.5. The second-order valence-electron chi connectivity index (χ2n) is 3.73. The van der Waals surface area contributed by atoms with Gasteiger partial charge in [-0.05, 0) is 31.2 Å². The van der Waals surface area contributed by atoms with Crippen LogP contribution in [0.1, 0.15) is 16.1 Å². The van der Waals surface area contributed by atoms with Crippen LogP contribution in [0.4, 0.5) is 11.4 Å². The van der Waals surface area contributed by atoms with E-state index in [1.54, 1.807) is 6.07 Å². The molecule has 2 N–H and O–H groups in total. The van der Waals surface area contributed by atoms with E-state index in [4.69, 9.17) is 5.11 Å². The molecule has 0 radical (unpaired) electrons. The lowest BCUT2D eigenvalue weighted by Crippen LogP contribution is -2.00. The maximum Gasteiger partial charge on any atom is 0.354 e. The molecule has 0 aliphatic carbocycles. The molecule has 0 atom stereocenters. The van der Waals surface area contributed by atoms with Gasteiger partial charge >= 0.3 is 5.97 Å². The number of rotatable bonds is 3. The summed E-state index contributed by atoms with van der Waals surface area (Å²) in [5, 5.41) is 11.9. The first-order valence-corrected chi connectivity index (χ1v) is 5.18. The number of nitrogens with one attached hydrogen (secondary N) is 1. The Kier molecular flexibility index (Phi) is 4.68. The molecule has 1 aromatic heterocycles. The van der Waals surface area contributed by atoms with Crippen LogP contribution in [0, 0.1) is 6.92 Å². The van der Waals surface area contributed by atoms with Gasteiger partial charge in [-0.25, -0.2) is 9.78 Å². The predicted octanol–water partition coefficient (Wildman–Crippen LogP) is 3.25. The summed E-state index contributed by atoms with van der Waals surface area (Å²) in [7, 11) is 0. The van der Waals surface area contributed by atoms with E-state index in [1.807, 2.05) is 31.2 Å². The van der Waals surface area contributed by atoms with Crippen molar-refractivity contribution in [3.05, 3.63) is 53.9 Å². The van der Waals surface area contributed by atoms with E-state index in [-0.39, 0.29) is 18.1 Å². The Bertz CT molecular complexity index is 524. The highest BCUT2D eigenvalue weighted by Crippen LogP contribution is 2.16. The molecule has 0 saturated heterocycles. The van der Waals surface area contributed by atoms with Crippen molar-refractivity contribution in [2.45, 2.75) is 6.92 Å². The van der Waals surface area contributed by atoms with Gasteiger partial charge in [0.2, 0.25) is 0 Å². The SMILES string of the molecule is Cc1ccc(Nc2ccc(C(=O)O)nc2)cc1.Cl. The number of aromatic nitrogens is 1. The van der Waals surface area contributed by atoms with Gasteiger partial charge < -0.3 is 10.4 Å². The maximum atomic E-state index is 10.6. The molecule has 0 amide bonds. The van der Waals surface area contributed by atoms with Crippen LogP contribution in [-0.4, -0.2) is 16.1 Å². The Morgan fingerprint density at radius 2 is 1.72 bits per heavy atom. The van der Waals surface area contributed by atoms with E-state index in [2.05, 4.69) is 10.3 Å². The van der Waals surface area contributed by atoms with Crippen molar-refractivity contribution in [1.29, 1.82) is 0 Å². The third-order valence-electron chi connectivity index (χ3n) is 2.32. The molecular formula is C13H13ClN2O2. The molecule has 94 valence electrons. The van der Waals surface area contributed by atoms with E-state index in [1.165, 1.54) is 17.8 Å². The molecule has 1 aromatic carbocycles. The van der Waals surface area contributed by atoms with Crippen molar-refractivity contribution < 1.29 is 9.90 Å². The zero-order chi connectivity index (χ0) is 12.3. The van der Waals surface area contributed by atoms with Crippen LogP contribution < -0.4 is 5.32 Å². The molecule has 5 heteroatoms. The zero-order valence-corrected chi connectivity index (χ0v) is 10.6. The van der Waals surface area contributed by atoms with Gasteiger partial charge in [-0.3, -0.25) is 0 Å². The summed E-state index contributed by atoms with van der Waals surface area (Å²) >= 11 is 0. The molecule has 0 aliphatic rings. The Balaban J connectivity index is 0.00000162. The number of aromatic carboxylic acids is 1. The second-order valence-corrected chi connectivity index (χ2v) is 3.73. The minimum absolute atomic E-state index is 0. The first-order chi connectivity index (χ1) is 8.15. The average Bonchev–Trinajstić information content (AvgIpc) is 2.33. The first kappa shape index (κ1) is 14.0. The number of halogens is 1. The number of aryl methyl sites for hydroxylation is 1. The fraction of sp³-hybridized carbons (Fsp3) is 0.0769. The van der Waals surface area contributed by atoms with Crippen LogP contribution in [0.3, 0.4) is 0 Å². The Hall–Kier alpha value is -2.07. The van der Waals surface area contributed by atoms with Gasteiger partial charge in [0.25, 0.3) is 0 Å². The number of benzene rings is 1. The monoisotopic (exact) mass is 264 g/mol. The third-order valence-corrected chi connectivity index (χ3v) is 2.32. The summed E-state index contributed by atoms with van der Waals surface area (Å²) in [5.41, 5.74) is 2.94. The summed E-state index contributed by atoms with van der Waals surface area (Å²) in [6, 6.07) is 11.1. The molecular weight excluding hydrogens is 252 g/mol. The number of anilines is 2. The zero-order valence-electron chi connectivity index (χ0n) is 9.75. The van der Waals surface area contributed by atoms with Crippen LogP contribution in [0.5, 0.6) is 0 Å². The lowest BCUT2D eigenvalue weighted by Gasteiger charge is -2.06. The number of hydrogen-bond donors (Lipinski definition) is 2. The van der Waals surface area contributed by atoms with Gasteiger partial charge in [-0.15, -0.1) is 12.4 Å². The van der Waals surface area contributed by atoms with E-state index in [9.17, 15) is 4.79 Å². The van der Waals surface area contributed by atoms with E-state index in [0.29, 0.717) is 0 Å². The molecule has 0 bridgehead atoms. The van der Waals surface area contributed by atoms with Gasteiger partial charge in [0.1, 0.15) is 5.69 Å². The van der Waals surface area contributed by atoms with Gasteiger partial charge in [-0.1, -0.05) is 17.7 Å². The molecule has 0 fully saturated rings. The smallest absolute Gasteiger partial charge is 0.354 e. The summed E-state index contributed by atoms with van der Waals surface area (Å²) in [5.74, 6) is -1.02. The number of pyridine rings is 1. The topological polar surface area (TPSA) is 62.2 Å². The molecule has 0 saturated carbocycles. The maximum absolute atomic E-state index is 10.6. The van der Waals surface area contributed by atoms with Crippen molar-refractivity contribution in [1.82, 2.24) is 4.98 Å². The summed E-state index contributed by atoms with van der Waals surface area (Å²) in [6.07, 6.45) is 1.50. The van der Waals surface area contributed by atoms with Crippen molar-refractivity contribution in [3.63, 3.8) is 0 Å². The van der Waals surface area contributed by atoms with E-state index in [0.717, 1.165) is 11.4 Å². The highest BCUT2D eigenvalue weighted by Gasteiger charge is 2.03. The van der Waals surface area contributed by atoms with E-state index < -0.39 is 5.97 Å². The van der Waals surface area contributed by atoms with Crippen LogP contribution in [-0.2, 0) is 0 Å². The predicted molar refractivity (Wildman–Crippen MR) is 72.9 cm³/mol. The lowest BCUT2D eigenvalue weighted by atomic mass is 10.2. The number of nitrogens with zero attached hydrogens (tertiary/aromatic N) is 1. The normalized spacial score (nSPS) is 9.39. The first-order valence-electron chi connectivity index (χ1n) is 5.18. The molecule has 0 unspecified atom stereocenters. The van der Waals surface area contributed by atoms with Crippen LogP contribution >= 0.6 is 12.4 Å². The molecule has 4 nitrogen and oxygen atoms in total. The fourth-order valence-electron chi connectivity index (χ4n) is 1.40. The van der Waals surface area contributed by atoms with Gasteiger partial charge in [0.05, 0.1) is 11.9 Å². The van der Waals surface area contributed by atoms with Crippen LogP contribution in [0.15, 0.2) is 42.6 Å². The van der Waals surface area contributed by atoms with Gasteiger partial charge in [-0.2, -0.15) is 0 Å². The summed E-state index contributed by atoms with van der Waals surface area (Å²) in [6.45, 7) is 2.02. The molecule has 0 aliphatic heterocycles. The van der Waals surface area contributed by atoms with Crippen molar-refractivity contribution in [2.24, 2.45) is 0 Å². The molecule has 1 heterocycles. The summed E-state index contributed by atoms with van der Waals surface area (Å²) < 4.78 is 0. The van der Waals surface area contributed by atoms with Crippen molar-refractivity contribution in [2.75, 3.05) is 5.32 Å². The standard InChI is InChI=1S/C13H12N2O2.ClH/c1-9-2-4-10(5-3-9)15-11-6-7-12(13(16)17)14-8-11;/h2-8,15H,1H3,(H,16,17);1H. The quantitative estimate of drug-likeness (QED) is 0.893. The largest absolute Gasteiger partial charge is 0.477 e. The minimum Gasteiger partial charge on any atom is -0.477 e. The second kappa shape index (κ2) is 6.02. The average molecular weight is 265 g/mol. The fourth-order valence-corrected chi connectivity index (χ4v) is 1.40. The number of carboxylic acids is 1. The third kappa shape index (κ3) is 3.46. The Labute approximate surface area is 111 Å². The molecule has 2 rings (SSSR count). The van der Waals surface area contributed by atoms with Crippen molar-refractivity contribution in [3.8, 4) is 0 Å². The van der Waals surface area contributed by atoms with Crippen LogP contribution in [0.25, 0.3) is 0 Å². The molecule has 0 spiro atoms. The molecule has 18 heavy (non-hydrogen) atoms. The highest BCUT2D eigenvalue weighted by atomic mass is 35.5. The highest BCUT2D eigenvalue weighted by molar-refractivity contribution is 5.85. The van der Waals surface area contributed by atoms with E-state index >= 15 is 0 Å². The van der Waals surface area contributed by atoms with Crippen LogP contribution in [0.2, 0.25) is 0 Å². The lowest BCUT2D eigenvalue weighted by molar-refractivity contribution is 0.0690. The Morgan fingerprint density at radius 1 is 1.11 bits per heavy atom.